The van der Waals surface area contributed by atoms with Crippen LogP contribution in [0.1, 0.15) is 6.92 Å². The van der Waals surface area contributed by atoms with E-state index in [1.54, 1.807) is 18.6 Å². The number of rotatable bonds is 2. The summed E-state index contributed by atoms with van der Waals surface area (Å²) in [5.41, 5.74) is 0. The van der Waals surface area contributed by atoms with Crippen LogP contribution < -0.4 is 10.2 Å². The molecule has 92 valence electrons. The van der Waals surface area contributed by atoms with Crippen molar-refractivity contribution in [2.45, 2.75) is 6.92 Å². The maximum Gasteiger partial charge on any atom is 0.317 e. The molecule has 0 atom stereocenters. The third-order valence-corrected chi connectivity index (χ3v) is 2.77. The summed E-state index contributed by atoms with van der Waals surface area (Å²) in [4.78, 5) is 23.9. The van der Waals surface area contributed by atoms with Crippen LogP contribution in [0.4, 0.5) is 10.6 Å². The minimum atomic E-state index is 0.0197. The monoisotopic (exact) mass is 235 g/mol. The molecule has 2 rings (SSSR count). The van der Waals surface area contributed by atoms with Gasteiger partial charge in [-0.15, -0.1) is 0 Å². The lowest BCUT2D eigenvalue weighted by Gasteiger charge is -2.35. The molecule has 0 saturated carbocycles. The van der Waals surface area contributed by atoms with Gasteiger partial charge in [0.1, 0.15) is 5.82 Å². The molecule has 2 heterocycles. The lowest BCUT2D eigenvalue weighted by molar-refractivity contribution is 0.195. The van der Waals surface area contributed by atoms with E-state index >= 15 is 0 Å². The Morgan fingerprint density at radius 3 is 2.71 bits per heavy atom. The second-order valence-corrected chi connectivity index (χ2v) is 3.87. The van der Waals surface area contributed by atoms with E-state index in [0.29, 0.717) is 6.54 Å². The molecule has 0 unspecified atom stereocenters. The molecule has 2 amide bonds. The molecule has 1 aromatic heterocycles. The number of urea groups is 1. The van der Waals surface area contributed by atoms with E-state index in [0.717, 1.165) is 32.0 Å². The second-order valence-electron chi connectivity index (χ2n) is 3.87. The highest BCUT2D eigenvalue weighted by atomic mass is 16.2. The normalized spacial score (nSPS) is 15.8. The third kappa shape index (κ3) is 2.83. The van der Waals surface area contributed by atoms with Crippen molar-refractivity contribution >= 4 is 11.8 Å². The third-order valence-electron chi connectivity index (χ3n) is 2.77. The summed E-state index contributed by atoms with van der Waals surface area (Å²) in [6.45, 7) is 5.65. The fraction of sp³-hybridized carbons (Fsp3) is 0.545. The van der Waals surface area contributed by atoms with Crippen LogP contribution in [0.3, 0.4) is 0 Å². The molecule has 6 nitrogen and oxygen atoms in total. The van der Waals surface area contributed by atoms with Crippen molar-refractivity contribution < 1.29 is 4.79 Å². The van der Waals surface area contributed by atoms with Gasteiger partial charge in [0.25, 0.3) is 0 Å². The highest BCUT2D eigenvalue weighted by molar-refractivity contribution is 5.74. The van der Waals surface area contributed by atoms with Crippen molar-refractivity contribution in [1.29, 1.82) is 0 Å². The predicted octanol–water partition coefficient (Wildman–Crippen LogP) is 0.328. The Balaban J connectivity index is 1.88. The van der Waals surface area contributed by atoms with E-state index in [1.165, 1.54) is 0 Å². The van der Waals surface area contributed by atoms with Gasteiger partial charge in [0, 0.05) is 45.1 Å². The average Bonchev–Trinajstić information content (AvgIpc) is 2.40. The first-order valence-corrected chi connectivity index (χ1v) is 5.85. The van der Waals surface area contributed by atoms with Gasteiger partial charge in [-0.1, -0.05) is 0 Å². The smallest absolute Gasteiger partial charge is 0.317 e. The molecule has 17 heavy (non-hydrogen) atoms. The molecule has 6 heteroatoms. The minimum absolute atomic E-state index is 0.0197. The minimum Gasteiger partial charge on any atom is -0.352 e. The molecule has 0 radical (unpaired) electrons. The molecule has 0 spiro atoms. The van der Waals surface area contributed by atoms with Crippen LogP contribution in [-0.2, 0) is 0 Å². The first-order valence-electron chi connectivity index (χ1n) is 5.85. The Kier molecular flexibility index (Phi) is 3.74. The van der Waals surface area contributed by atoms with E-state index in [2.05, 4.69) is 20.2 Å². The van der Waals surface area contributed by atoms with E-state index < -0.39 is 0 Å². The quantitative estimate of drug-likeness (QED) is 0.802. The fourth-order valence-corrected chi connectivity index (χ4v) is 1.86. The first-order chi connectivity index (χ1) is 8.31. The Morgan fingerprint density at radius 2 is 2.12 bits per heavy atom. The van der Waals surface area contributed by atoms with Gasteiger partial charge in [-0.25, -0.2) is 9.78 Å². The first kappa shape index (κ1) is 11.6. The Bertz CT molecular complexity index is 361. The van der Waals surface area contributed by atoms with E-state index in [1.807, 2.05) is 11.8 Å². The number of amides is 2. The second kappa shape index (κ2) is 5.47. The van der Waals surface area contributed by atoms with Crippen LogP contribution in [0.5, 0.6) is 0 Å². The molecular weight excluding hydrogens is 218 g/mol. The van der Waals surface area contributed by atoms with Gasteiger partial charge >= 0.3 is 6.03 Å². The number of nitrogens with one attached hydrogen (secondary N) is 1. The van der Waals surface area contributed by atoms with Gasteiger partial charge < -0.3 is 15.1 Å². The number of hydrogen-bond acceptors (Lipinski definition) is 4. The number of aromatic nitrogens is 2. The predicted molar refractivity (Wildman–Crippen MR) is 64.9 cm³/mol. The summed E-state index contributed by atoms with van der Waals surface area (Å²) in [6.07, 6.45) is 5.10. The summed E-state index contributed by atoms with van der Waals surface area (Å²) in [5.74, 6) is 0.878. The van der Waals surface area contributed by atoms with Gasteiger partial charge in [0.05, 0.1) is 6.20 Å². The van der Waals surface area contributed by atoms with Gasteiger partial charge in [-0.05, 0) is 6.92 Å². The van der Waals surface area contributed by atoms with Crippen LogP contribution in [0.2, 0.25) is 0 Å². The number of carbonyl (C=O) groups excluding carboxylic acids is 1. The zero-order chi connectivity index (χ0) is 12.1. The Hall–Kier alpha value is -1.85. The molecule has 0 bridgehead atoms. The zero-order valence-electron chi connectivity index (χ0n) is 9.96. The number of carbonyl (C=O) groups is 1. The van der Waals surface area contributed by atoms with Crippen LogP contribution in [0.15, 0.2) is 18.6 Å². The SMILES string of the molecule is CCNC(=O)N1CCN(c2cnccn2)CC1. The number of anilines is 1. The molecule has 0 aliphatic carbocycles. The van der Waals surface area contributed by atoms with Crippen LogP contribution in [0, 0.1) is 0 Å². The van der Waals surface area contributed by atoms with Crippen molar-refractivity contribution in [1.82, 2.24) is 20.2 Å². The van der Waals surface area contributed by atoms with Gasteiger partial charge in [-0.3, -0.25) is 4.98 Å². The number of hydrogen-bond donors (Lipinski definition) is 1. The summed E-state index contributed by atoms with van der Waals surface area (Å²) in [6, 6.07) is 0.0197. The molecule has 1 N–H and O–H groups in total. The lowest BCUT2D eigenvalue weighted by Crippen LogP contribution is -2.52. The maximum atomic E-state index is 11.6. The van der Waals surface area contributed by atoms with Crippen molar-refractivity contribution in [3.05, 3.63) is 18.6 Å². The van der Waals surface area contributed by atoms with Gasteiger partial charge in [-0.2, -0.15) is 0 Å². The summed E-state index contributed by atoms with van der Waals surface area (Å²) in [5, 5.41) is 2.81. The molecule has 1 saturated heterocycles. The number of nitrogens with zero attached hydrogens (tertiary/aromatic N) is 4. The highest BCUT2D eigenvalue weighted by Gasteiger charge is 2.21. The van der Waals surface area contributed by atoms with E-state index in [4.69, 9.17) is 0 Å². The van der Waals surface area contributed by atoms with E-state index in [9.17, 15) is 4.79 Å². The average molecular weight is 235 g/mol. The topological polar surface area (TPSA) is 61.4 Å². The molecule has 1 fully saturated rings. The van der Waals surface area contributed by atoms with Crippen LogP contribution in [-0.4, -0.2) is 53.6 Å². The fourth-order valence-electron chi connectivity index (χ4n) is 1.86. The zero-order valence-corrected chi connectivity index (χ0v) is 9.96. The summed E-state index contributed by atoms with van der Waals surface area (Å²) in [7, 11) is 0. The molecular formula is C11H17N5O. The maximum absolute atomic E-state index is 11.6. The summed E-state index contributed by atoms with van der Waals surface area (Å²) >= 11 is 0. The van der Waals surface area contributed by atoms with Gasteiger partial charge in [0.2, 0.25) is 0 Å². The van der Waals surface area contributed by atoms with Crippen molar-refractivity contribution in [3.8, 4) is 0 Å². The standard InChI is InChI=1S/C11H17N5O/c1-2-13-11(17)16-7-5-15(6-8-16)10-9-12-3-4-14-10/h3-4,9H,2,5-8H2,1H3,(H,13,17). The highest BCUT2D eigenvalue weighted by Crippen LogP contribution is 2.11. The lowest BCUT2D eigenvalue weighted by atomic mass is 10.3. The largest absolute Gasteiger partial charge is 0.352 e. The Labute approximate surface area is 101 Å². The molecule has 1 aromatic rings. The van der Waals surface area contributed by atoms with Crippen LogP contribution in [0.25, 0.3) is 0 Å². The van der Waals surface area contributed by atoms with Crippen molar-refractivity contribution in [3.63, 3.8) is 0 Å². The van der Waals surface area contributed by atoms with Crippen molar-refractivity contribution in [2.24, 2.45) is 0 Å². The molecule has 1 aliphatic heterocycles. The number of piperazine rings is 1. The van der Waals surface area contributed by atoms with E-state index in [-0.39, 0.29) is 6.03 Å². The summed E-state index contributed by atoms with van der Waals surface area (Å²) < 4.78 is 0. The molecule has 0 aromatic carbocycles. The van der Waals surface area contributed by atoms with Gasteiger partial charge in [0.15, 0.2) is 0 Å². The van der Waals surface area contributed by atoms with Crippen LogP contribution >= 0.6 is 0 Å². The Morgan fingerprint density at radius 1 is 1.35 bits per heavy atom. The van der Waals surface area contributed by atoms with Crippen molar-refractivity contribution in [2.75, 3.05) is 37.6 Å². The molecule has 1 aliphatic rings.